The average molecular weight is 877 g/mol. The number of benzene rings is 2. The van der Waals surface area contributed by atoms with Gasteiger partial charge in [0.05, 0.1) is 12.7 Å². The second-order valence-corrected chi connectivity index (χ2v) is 16.4. The molecule has 3 heterocycles. The zero-order valence-electron chi connectivity index (χ0n) is 35.5. The SMILES string of the molecule is CCCCCCCCCCCCCCCCCC(=O)O[C@H]1[C@H](O)[C@H](O)[C@@H](OC[C@@H]2O[C@H](Oc3c(-c4ccc(O)c(O)c4)oc4cc(O)cc(O)c4c3=O)[C@@H](O)[C@H](O)[C@H]2O)O[C@@H]1C. The van der Waals surface area contributed by atoms with Gasteiger partial charge >= 0.3 is 5.97 Å². The van der Waals surface area contributed by atoms with E-state index in [1.165, 1.54) is 83.6 Å². The number of phenols is 4. The lowest BCUT2D eigenvalue weighted by atomic mass is 9.98. The molecule has 17 nitrogen and oxygen atoms in total. The molecule has 1 aromatic heterocycles. The number of phenolic OH excluding ortho intramolecular Hbond substituents is 4. The number of aliphatic hydroxyl groups is 5. The third kappa shape index (κ3) is 12.7. The molecule has 0 unspecified atom stereocenters. The predicted molar refractivity (Wildman–Crippen MR) is 224 cm³/mol. The van der Waals surface area contributed by atoms with Crippen LogP contribution in [0.2, 0.25) is 0 Å². The quantitative estimate of drug-likeness (QED) is 0.0339. The summed E-state index contributed by atoms with van der Waals surface area (Å²) in [4.78, 5) is 26.5. The van der Waals surface area contributed by atoms with Crippen LogP contribution in [0.5, 0.6) is 28.7 Å². The van der Waals surface area contributed by atoms with Crippen LogP contribution in [0.3, 0.4) is 0 Å². The Balaban J connectivity index is 1.11. The Morgan fingerprint density at radius 2 is 1.26 bits per heavy atom. The van der Waals surface area contributed by atoms with Gasteiger partial charge in [-0.3, -0.25) is 9.59 Å². The molecule has 62 heavy (non-hydrogen) atoms. The van der Waals surface area contributed by atoms with Crippen molar-refractivity contribution in [3.63, 3.8) is 0 Å². The molecule has 2 fully saturated rings. The lowest BCUT2D eigenvalue weighted by Gasteiger charge is -2.43. The zero-order valence-corrected chi connectivity index (χ0v) is 35.5. The van der Waals surface area contributed by atoms with Crippen molar-refractivity contribution in [2.75, 3.05) is 6.61 Å². The van der Waals surface area contributed by atoms with E-state index in [1.54, 1.807) is 0 Å². The first kappa shape index (κ1) is 48.8. The van der Waals surface area contributed by atoms with E-state index in [9.17, 15) is 55.5 Å². The highest BCUT2D eigenvalue weighted by Crippen LogP contribution is 2.39. The van der Waals surface area contributed by atoms with Crippen molar-refractivity contribution in [2.45, 2.75) is 178 Å². The van der Waals surface area contributed by atoms with Crippen molar-refractivity contribution >= 4 is 16.9 Å². The first-order valence-corrected chi connectivity index (χ1v) is 22.0. The third-order valence-corrected chi connectivity index (χ3v) is 11.5. The number of carbonyl (C=O) groups is 1. The molecule has 0 aliphatic carbocycles. The number of esters is 1. The number of unbranched alkanes of at least 4 members (excludes halogenated alkanes) is 14. The smallest absolute Gasteiger partial charge is 0.306 e. The minimum atomic E-state index is -1.99. The Bertz CT molecular complexity index is 1930. The van der Waals surface area contributed by atoms with E-state index in [0.29, 0.717) is 6.42 Å². The van der Waals surface area contributed by atoms with Crippen LogP contribution in [0.4, 0.5) is 0 Å². The summed E-state index contributed by atoms with van der Waals surface area (Å²) in [6.07, 6.45) is 1.81. The maximum atomic E-state index is 13.8. The van der Waals surface area contributed by atoms with Gasteiger partial charge in [-0.1, -0.05) is 96.8 Å². The van der Waals surface area contributed by atoms with Gasteiger partial charge in [-0.2, -0.15) is 0 Å². The monoisotopic (exact) mass is 876 g/mol. The fourth-order valence-electron chi connectivity index (χ4n) is 7.84. The molecule has 3 aromatic rings. The highest BCUT2D eigenvalue weighted by atomic mass is 16.7. The molecule has 2 aromatic carbocycles. The van der Waals surface area contributed by atoms with Crippen LogP contribution in [0.15, 0.2) is 39.5 Å². The standard InChI is InChI=1S/C45H64O17/c1-3-4-5-6-7-8-9-10-11-12-13-14-15-16-17-18-33(50)61-41-25(2)58-44(40(56)38(41)54)57-24-32-35(51)37(53)39(55)45(60-32)62-43-36(52)34-30(49)22-27(46)23-31(34)59-42(43)26-19-20-28(47)29(48)21-26/h19-23,25,32,35,37-41,44-49,51,53-56H,3-18,24H2,1-2H3/t25-,32+,35+,37-,38-,39+,40+,41-,44+,45-/m1/s1. The molecule has 2 saturated heterocycles. The third-order valence-electron chi connectivity index (χ3n) is 11.5. The predicted octanol–water partition coefficient (Wildman–Crippen LogP) is 5.13. The summed E-state index contributed by atoms with van der Waals surface area (Å²) < 4.78 is 34.3. The second kappa shape index (κ2) is 23.5. The van der Waals surface area contributed by atoms with Crippen LogP contribution in [0, 0.1) is 0 Å². The van der Waals surface area contributed by atoms with Gasteiger partial charge < -0.3 is 74.1 Å². The maximum Gasteiger partial charge on any atom is 0.306 e. The molecule has 2 aliphatic heterocycles. The van der Waals surface area contributed by atoms with Crippen LogP contribution in [-0.2, 0) is 23.7 Å². The number of aromatic hydroxyl groups is 4. The molecule has 0 radical (unpaired) electrons. The summed E-state index contributed by atoms with van der Waals surface area (Å²) in [5.41, 5.74) is -1.36. The van der Waals surface area contributed by atoms with Crippen LogP contribution >= 0.6 is 0 Å². The minimum absolute atomic E-state index is 0.0342. The van der Waals surface area contributed by atoms with Crippen LogP contribution in [0.25, 0.3) is 22.3 Å². The minimum Gasteiger partial charge on any atom is -0.508 e. The Morgan fingerprint density at radius 1 is 0.661 bits per heavy atom. The van der Waals surface area contributed by atoms with Gasteiger partial charge in [-0.05, 0) is 31.5 Å². The van der Waals surface area contributed by atoms with Crippen LogP contribution in [0.1, 0.15) is 117 Å². The van der Waals surface area contributed by atoms with Gasteiger partial charge in [-0.15, -0.1) is 0 Å². The number of rotatable bonds is 23. The van der Waals surface area contributed by atoms with E-state index < -0.39 is 119 Å². The second-order valence-electron chi connectivity index (χ2n) is 16.4. The molecule has 346 valence electrons. The molecule has 0 amide bonds. The molecule has 0 saturated carbocycles. The summed E-state index contributed by atoms with van der Waals surface area (Å²) in [5.74, 6) is -3.89. The molecule has 17 heteroatoms. The summed E-state index contributed by atoms with van der Waals surface area (Å²) >= 11 is 0. The van der Waals surface area contributed by atoms with Crippen molar-refractivity contribution in [1.82, 2.24) is 0 Å². The zero-order chi connectivity index (χ0) is 44.9. The van der Waals surface area contributed by atoms with Crippen molar-refractivity contribution in [1.29, 1.82) is 0 Å². The summed E-state index contributed by atoms with van der Waals surface area (Å²) in [6, 6.07) is 5.28. The molecule has 0 spiro atoms. The van der Waals surface area contributed by atoms with Gasteiger partial charge in [0.1, 0.15) is 59.1 Å². The fourth-order valence-corrected chi connectivity index (χ4v) is 7.84. The fraction of sp³-hybridized carbons (Fsp3) is 0.644. The molecule has 9 N–H and O–H groups in total. The first-order valence-electron chi connectivity index (χ1n) is 22.0. The normalized spacial score (nSPS) is 26.4. The topological polar surface area (TPSA) is 276 Å². The number of ether oxygens (including phenoxy) is 5. The van der Waals surface area contributed by atoms with E-state index in [-0.39, 0.29) is 17.6 Å². The molecule has 5 rings (SSSR count). The van der Waals surface area contributed by atoms with E-state index in [4.69, 9.17) is 28.1 Å². The van der Waals surface area contributed by atoms with E-state index in [1.807, 2.05) is 0 Å². The summed E-state index contributed by atoms with van der Waals surface area (Å²) in [6.45, 7) is 3.13. The van der Waals surface area contributed by atoms with Crippen molar-refractivity contribution < 1.29 is 78.9 Å². The lowest BCUT2D eigenvalue weighted by molar-refractivity contribution is -0.319. The average Bonchev–Trinajstić information content (AvgIpc) is 3.23. The summed E-state index contributed by atoms with van der Waals surface area (Å²) in [7, 11) is 0. The van der Waals surface area contributed by atoms with E-state index in [2.05, 4.69) is 6.92 Å². The van der Waals surface area contributed by atoms with E-state index in [0.717, 1.165) is 43.5 Å². The Kier molecular flexibility index (Phi) is 18.5. The molecule has 0 bridgehead atoms. The van der Waals surface area contributed by atoms with Crippen LogP contribution < -0.4 is 10.2 Å². The largest absolute Gasteiger partial charge is 0.508 e. The van der Waals surface area contributed by atoms with Crippen molar-refractivity contribution in [2.24, 2.45) is 0 Å². The Morgan fingerprint density at radius 3 is 1.87 bits per heavy atom. The number of carbonyl (C=O) groups excluding carboxylic acids is 1. The molecule has 10 atom stereocenters. The van der Waals surface area contributed by atoms with Gasteiger partial charge in [0.15, 0.2) is 29.7 Å². The van der Waals surface area contributed by atoms with Gasteiger partial charge in [0.2, 0.25) is 17.5 Å². The lowest BCUT2D eigenvalue weighted by Crippen LogP contribution is -2.62. The number of hydrogen-bond donors (Lipinski definition) is 9. The summed E-state index contributed by atoms with van der Waals surface area (Å²) in [5, 5.41) is 94.4. The molecular formula is C45H64O17. The van der Waals surface area contributed by atoms with Gasteiger partial charge in [0.25, 0.3) is 0 Å². The van der Waals surface area contributed by atoms with Crippen LogP contribution in [-0.4, -0.2) is 120 Å². The number of fused-ring (bicyclic) bond motifs is 1. The number of aliphatic hydroxyl groups excluding tert-OH is 5. The highest BCUT2D eigenvalue weighted by molar-refractivity contribution is 5.88. The van der Waals surface area contributed by atoms with Gasteiger partial charge in [-0.25, -0.2) is 0 Å². The van der Waals surface area contributed by atoms with E-state index >= 15 is 0 Å². The maximum absolute atomic E-state index is 13.8. The number of hydrogen-bond acceptors (Lipinski definition) is 17. The first-order chi connectivity index (χ1) is 29.7. The molecular weight excluding hydrogens is 812 g/mol. The molecule has 2 aliphatic rings. The van der Waals surface area contributed by atoms with Crippen molar-refractivity contribution in [3.05, 3.63) is 40.6 Å². The van der Waals surface area contributed by atoms with Gasteiger partial charge in [0, 0.05) is 24.1 Å². The Labute approximate surface area is 360 Å². The Hall–Kier alpha value is -4.20. The van der Waals surface area contributed by atoms with Crippen molar-refractivity contribution in [3.8, 4) is 40.1 Å². The highest BCUT2D eigenvalue weighted by Gasteiger charge is 2.49.